The lowest BCUT2D eigenvalue weighted by atomic mass is 10.0. The van der Waals surface area contributed by atoms with E-state index in [0.717, 1.165) is 11.4 Å². The minimum absolute atomic E-state index is 0.0528. The Kier molecular flexibility index (Phi) is 8.92. The standard InChI is InChI=1S/C24H29N5O4S/c1-5-32-20-10-12-21(13-11-20)33-17(4)23(31)27-26-22(30)14-34-24-28-25-15-29(24)19-8-6-18(7-9-19)16(2)3/h6-13,15-17H,5,14H2,1-4H3,(H,26,30)(H,27,31). The van der Waals surface area contributed by atoms with Gasteiger partial charge in [-0.2, -0.15) is 0 Å². The molecule has 0 aliphatic carbocycles. The van der Waals surface area contributed by atoms with Crippen molar-refractivity contribution in [1.29, 1.82) is 0 Å². The maximum absolute atomic E-state index is 12.3. The number of thioether (sulfide) groups is 1. The van der Waals surface area contributed by atoms with Gasteiger partial charge >= 0.3 is 0 Å². The Labute approximate surface area is 203 Å². The zero-order valence-corrected chi connectivity index (χ0v) is 20.5. The van der Waals surface area contributed by atoms with E-state index in [0.29, 0.717) is 23.4 Å². The Hall–Kier alpha value is -3.53. The molecular weight excluding hydrogens is 454 g/mol. The summed E-state index contributed by atoms with van der Waals surface area (Å²) >= 11 is 1.22. The van der Waals surface area contributed by atoms with Gasteiger partial charge in [-0.15, -0.1) is 10.2 Å². The van der Waals surface area contributed by atoms with Gasteiger partial charge in [0.2, 0.25) is 5.91 Å². The third kappa shape index (κ3) is 6.98. The summed E-state index contributed by atoms with van der Waals surface area (Å²) in [6, 6.07) is 15.1. The van der Waals surface area contributed by atoms with Gasteiger partial charge in [-0.3, -0.25) is 25.0 Å². The van der Waals surface area contributed by atoms with Crippen LogP contribution in [-0.4, -0.2) is 45.0 Å². The van der Waals surface area contributed by atoms with Crippen molar-refractivity contribution in [2.75, 3.05) is 12.4 Å². The average molecular weight is 484 g/mol. The van der Waals surface area contributed by atoms with Gasteiger partial charge < -0.3 is 9.47 Å². The largest absolute Gasteiger partial charge is 0.494 e. The normalized spacial score (nSPS) is 11.7. The predicted octanol–water partition coefficient (Wildman–Crippen LogP) is 3.50. The number of hydrogen-bond acceptors (Lipinski definition) is 7. The number of hydrazine groups is 1. The molecule has 0 aliphatic rings. The number of carbonyl (C=O) groups excluding carboxylic acids is 2. The Balaban J connectivity index is 1.45. The average Bonchev–Trinajstić information content (AvgIpc) is 3.31. The monoisotopic (exact) mass is 483 g/mol. The van der Waals surface area contributed by atoms with Gasteiger partial charge in [0.15, 0.2) is 11.3 Å². The van der Waals surface area contributed by atoms with E-state index in [9.17, 15) is 9.59 Å². The first kappa shape index (κ1) is 25.1. The second-order valence-corrected chi connectivity index (χ2v) is 8.66. The van der Waals surface area contributed by atoms with Crippen LogP contribution in [0, 0.1) is 0 Å². The molecule has 0 radical (unpaired) electrons. The fourth-order valence-corrected chi connectivity index (χ4v) is 3.69. The lowest BCUT2D eigenvalue weighted by Crippen LogP contribution is -2.47. The molecule has 180 valence electrons. The molecule has 0 saturated heterocycles. The number of nitrogens with one attached hydrogen (secondary N) is 2. The van der Waals surface area contributed by atoms with E-state index in [1.807, 2.05) is 23.6 Å². The maximum Gasteiger partial charge on any atom is 0.279 e. The fourth-order valence-electron chi connectivity index (χ4n) is 2.96. The van der Waals surface area contributed by atoms with Crippen LogP contribution in [0.4, 0.5) is 0 Å². The van der Waals surface area contributed by atoms with Crippen molar-refractivity contribution in [3.63, 3.8) is 0 Å². The lowest BCUT2D eigenvalue weighted by Gasteiger charge is -2.15. The van der Waals surface area contributed by atoms with Crippen LogP contribution in [0.3, 0.4) is 0 Å². The Bertz CT molecular complexity index is 1080. The second kappa shape index (κ2) is 12.1. The van der Waals surface area contributed by atoms with E-state index in [2.05, 4.69) is 47.0 Å². The number of carbonyl (C=O) groups is 2. The Morgan fingerprint density at radius 3 is 2.32 bits per heavy atom. The van der Waals surface area contributed by atoms with Gasteiger partial charge in [0.1, 0.15) is 17.8 Å². The number of rotatable bonds is 10. The molecular formula is C24H29N5O4S. The van der Waals surface area contributed by atoms with Gasteiger partial charge in [0, 0.05) is 5.69 Å². The highest BCUT2D eigenvalue weighted by Crippen LogP contribution is 2.22. The number of hydrogen-bond donors (Lipinski definition) is 2. The number of nitrogens with zero attached hydrogens (tertiary/aromatic N) is 3. The molecule has 2 amide bonds. The summed E-state index contributed by atoms with van der Waals surface area (Å²) in [6.07, 6.45) is 0.801. The van der Waals surface area contributed by atoms with Crippen molar-refractivity contribution in [3.8, 4) is 17.2 Å². The van der Waals surface area contributed by atoms with Gasteiger partial charge in [0.25, 0.3) is 5.91 Å². The van der Waals surface area contributed by atoms with Crippen molar-refractivity contribution in [2.24, 2.45) is 0 Å². The molecule has 0 bridgehead atoms. The summed E-state index contributed by atoms with van der Waals surface area (Å²) in [5, 5.41) is 8.62. The summed E-state index contributed by atoms with van der Waals surface area (Å²) in [5.74, 6) is 0.889. The van der Waals surface area contributed by atoms with E-state index in [-0.39, 0.29) is 11.7 Å². The van der Waals surface area contributed by atoms with Gasteiger partial charge in [-0.25, -0.2) is 0 Å². The van der Waals surface area contributed by atoms with E-state index in [1.54, 1.807) is 37.5 Å². The Morgan fingerprint density at radius 1 is 1.00 bits per heavy atom. The highest BCUT2D eigenvalue weighted by molar-refractivity contribution is 7.99. The molecule has 3 aromatic rings. The van der Waals surface area contributed by atoms with E-state index >= 15 is 0 Å². The van der Waals surface area contributed by atoms with Crippen LogP contribution in [-0.2, 0) is 9.59 Å². The SMILES string of the molecule is CCOc1ccc(OC(C)C(=O)NNC(=O)CSc2nncn2-c2ccc(C(C)C)cc2)cc1. The zero-order chi connectivity index (χ0) is 24.5. The highest BCUT2D eigenvalue weighted by atomic mass is 32.2. The summed E-state index contributed by atoms with van der Waals surface area (Å²) in [7, 11) is 0. The van der Waals surface area contributed by atoms with Crippen LogP contribution in [0.25, 0.3) is 5.69 Å². The van der Waals surface area contributed by atoms with Crippen LogP contribution >= 0.6 is 11.8 Å². The molecule has 2 N–H and O–H groups in total. The van der Waals surface area contributed by atoms with Crippen molar-refractivity contribution < 1.29 is 19.1 Å². The van der Waals surface area contributed by atoms with Gasteiger partial charge in [-0.05, 0) is 61.7 Å². The molecule has 0 saturated carbocycles. The molecule has 9 nitrogen and oxygen atoms in total. The van der Waals surface area contributed by atoms with Crippen molar-refractivity contribution in [3.05, 3.63) is 60.4 Å². The van der Waals surface area contributed by atoms with Gasteiger partial charge in [0.05, 0.1) is 12.4 Å². The van der Waals surface area contributed by atoms with Crippen LogP contribution in [0.2, 0.25) is 0 Å². The first-order valence-electron chi connectivity index (χ1n) is 11.0. The maximum atomic E-state index is 12.3. The van der Waals surface area contributed by atoms with Crippen LogP contribution in [0.5, 0.6) is 11.5 Å². The molecule has 1 heterocycles. The molecule has 10 heteroatoms. The lowest BCUT2D eigenvalue weighted by molar-refractivity contribution is -0.131. The minimum atomic E-state index is -0.803. The van der Waals surface area contributed by atoms with E-state index in [4.69, 9.17) is 9.47 Å². The number of amides is 2. The van der Waals surface area contributed by atoms with Crippen molar-refractivity contribution in [2.45, 2.75) is 44.9 Å². The molecule has 0 fully saturated rings. The fraction of sp³-hybridized carbons (Fsp3) is 0.333. The highest BCUT2D eigenvalue weighted by Gasteiger charge is 2.16. The first-order chi connectivity index (χ1) is 16.4. The summed E-state index contributed by atoms with van der Waals surface area (Å²) in [5.41, 5.74) is 6.93. The topological polar surface area (TPSA) is 107 Å². The molecule has 0 aliphatic heterocycles. The summed E-state index contributed by atoms with van der Waals surface area (Å²) < 4.78 is 12.8. The third-order valence-electron chi connectivity index (χ3n) is 4.83. The van der Waals surface area contributed by atoms with Crippen molar-refractivity contribution in [1.82, 2.24) is 25.6 Å². The van der Waals surface area contributed by atoms with Crippen LogP contribution < -0.4 is 20.3 Å². The molecule has 1 unspecified atom stereocenters. The van der Waals surface area contributed by atoms with E-state index in [1.165, 1.54) is 17.3 Å². The van der Waals surface area contributed by atoms with Crippen LogP contribution in [0.1, 0.15) is 39.2 Å². The zero-order valence-electron chi connectivity index (χ0n) is 19.6. The minimum Gasteiger partial charge on any atom is -0.494 e. The van der Waals surface area contributed by atoms with Crippen LogP contribution in [0.15, 0.2) is 60.0 Å². The van der Waals surface area contributed by atoms with Gasteiger partial charge in [-0.1, -0.05) is 37.7 Å². The van der Waals surface area contributed by atoms with E-state index < -0.39 is 12.0 Å². The molecule has 1 atom stereocenters. The predicted molar refractivity (Wildman–Crippen MR) is 130 cm³/mol. The number of benzene rings is 2. The molecule has 34 heavy (non-hydrogen) atoms. The van der Waals surface area contributed by atoms with Crippen molar-refractivity contribution >= 4 is 23.6 Å². The third-order valence-corrected chi connectivity index (χ3v) is 5.77. The number of aromatic nitrogens is 3. The summed E-state index contributed by atoms with van der Waals surface area (Å²) in [6.45, 7) is 8.35. The molecule has 2 aromatic carbocycles. The second-order valence-electron chi connectivity index (χ2n) is 7.72. The molecule has 0 spiro atoms. The molecule has 3 rings (SSSR count). The first-order valence-corrected chi connectivity index (χ1v) is 12.0. The Morgan fingerprint density at radius 2 is 1.68 bits per heavy atom. The molecule has 1 aromatic heterocycles. The summed E-state index contributed by atoms with van der Waals surface area (Å²) in [4.78, 5) is 24.5. The quantitative estimate of drug-likeness (QED) is 0.336. The smallest absolute Gasteiger partial charge is 0.279 e. The number of ether oxygens (including phenoxy) is 2.